The zero-order valence-electron chi connectivity index (χ0n) is 43.3. The fourth-order valence-electron chi connectivity index (χ4n) is 10.5. The van der Waals surface area contributed by atoms with E-state index in [0.29, 0.717) is 70.4 Å². The van der Waals surface area contributed by atoms with E-state index < -0.39 is 22.7 Å². The molecule has 12 aromatic rings. The van der Waals surface area contributed by atoms with Gasteiger partial charge in [0.25, 0.3) is 0 Å². The Balaban J connectivity index is 0.000000150. The van der Waals surface area contributed by atoms with E-state index in [1.54, 1.807) is 24.8 Å². The van der Waals surface area contributed by atoms with Gasteiger partial charge in [-0.1, -0.05) is 72.8 Å². The van der Waals surface area contributed by atoms with E-state index in [2.05, 4.69) is 82.4 Å². The molecule has 24 nitrogen and oxygen atoms in total. The monoisotopic (exact) mass is 1180 g/mol. The van der Waals surface area contributed by atoms with E-state index >= 15 is 0 Å². The normalized spacial score (nSPS) is 20.9. The summed E-state index contributed by atoms with van der Waals surface area (Å²) in [6.07, 6.45) is 6.94. The van der Waals surface area contributed by atoms with Gasteiger partial charge in [-0.25, -0.2) is 39.9 Å². The molecule has 4 aliphatic rings. The summed E-state index contributed by atoms with van der Waals surface area (Å²) in [6.45, 7) is 0. The molecule has 0 radical (unpaired) electrons. The van der Waals surface area contributed by atoms with Crippen LogP contribution < -0.4 is 42.5 Å². The number of benzene rings is 4. The van der Waals surface area contributed by atoms with Crippen molar-refractivity contribution in [2.45, 2.75) is 22.7 Å². The first-order valence-electron chi connectivity index (χ1n) is 25.5. The van der Waals surface area contributed by atoms with E-state index in [0.717, 1.165) is 44.1 Å². The Hall–Kier alpha value is -10.3. The summed E-state index contributed by atoms with van der Waals surface area (Å²) in [6, 6.07) is 54.1. The molecule has 0 spiro atoms. The van der Waals surface area contributed by atoms with Crippen molar-refractivity contribution in [1.29, 1.82) is 0 Å². The van der Waals surface area contributed by atoms with Crippen molar-refractivity contribution in [3.8, 4) is 0 Å². The number of aromatic amines is 4. The van der Waals surface area contributed by atoms with Crippen molar-refractivity contribution >= 4 is 91.8 Å². The van der Waals surface area contributed by atoms with Crippen LogP contribution in [0.5, 0.6) is 0 Å². The minimum Gasteiger partial charge on any atom is -0.324 e. The zero-order chi connectivity index (χ0) is 53.1. The van der Waals surface area contributed by atoms with Crippen LogP contribution >= 0.6 is 0 Å². The maximum Gasteiger partial charge on any atom is 0.246 e. The molecule has 0 aliphatic carbocycles. The number of pyridine rings is 4. The Morgan fingerprint density at radius 3 is 0.768 bits per heavy atom. The third-order valence-electron chi connectivity index (χ3n) is 14.0. The first kappa shape index (κ1) is 51.1. The maximum absolute atomic E-state index is 5.11. The Morgan fingerprint density at radius 2 is 0.524 bits per heavy atom. The van der Waals surface area contributed by atoms with E-state index in [4.69, 9.17) is 39.9 Å². The Bertz CT molecular complexity index is 3820. The molecule has 8 aromatic heterocycles. The second-order valence-corrected chi connectivity index (χ2v) is 19.0. The fourth-order valence-corrected chi connectivity index (χ4v) is 10.5. The van der Waals surface area contributed by atoms with Crippen molar-refractivity contribution in [2.75, 3.05) is 21.3 Å². The molecule has 0 saturated heterocycles. The molecule has 0 bridgehead atoms. The summed E-state index contributed by atoms with van der Waals surface area (Å²) in [5, 5.41) is 27.3. The molecule has 12 heterocycles. The molecule has 0 unspecified atom stereocenters. The predicted molar refractivity (Wildman–Crippen MR) is 305 cm³/mol. The maximum atomic E-state index is 5.11. The van der Waals surface area contributed by atoms with Gasteiger partial charge in [-0.2, -0.15) is 0 Å². The largest absolute Gasteiger partial charge is 0.324 e. The van der Waals surface area contributed by atoms with Crippen LogP contribution in [0.25, 0.3) is 44.1 Å². The average Bonchev–Trinajstić information content (AvgIpc) is 2.57. The molecule has 4 aliphatic heterocycles. The first-order valence-corrected chi connectivity index (χ1v) is 25.5. The van der Waals surface area contributed by atoms with Gasteiger partial charge in [-0.3, -0.25) is 41.2 Å². The van der Waals surface area contributed by atoms with Crippen molar-refractivity contribution in [3.05, 3.63) is 217 Å². The molecule has 0 saturated carbocycles. The standard InChI is InChI=1S/2C28H22N12.2Zn/c2*1-2-10-18-17(9-1)31-23(32-18)35-25-37-27(21-13-5-7-15-29-21)28(38-25,22-14-6-8-16-30-22)40-26(39-27)36-24-33-19-11-3-4-12-20(19)34-24;;/h2*1-16H,(H3,31,32,35,37,38)(H3,33,34,36,39,40);;. The van der Waals surface area contributed by atoms with Crippen LogP contribution in [0.3, 0.4) is 0 Å². The third-order valence-corrected chi connectivity index (χ3v) is 14.0. The summed E-state index contributed by atoms with van der Waals surface area (Å²) < 4.78 is 0. The molecule has 12 N–H and O–H groups in total. The van der Waals surface area contributed by atoms with Gasteiger partial charge in [-0.15, -0.1) is 0 Å². The minimum absolute atomic E-state index is 0. The molecule has 26 heteroatoms. The SMILES string of the molecule is [Zn].[Zn].c1ccc(C23N=C(Nc4nc5ccccc5[nH]4)NC2(c2ccccn2)NC(Nc2nc4ccccc4[nH]2)=N3)nc1.c1ccc(C23N=C(Nc4nc5ccccc5[nH]4)NC2(c2ccccn2)NC(Nc2nc4ccccc4[nH]2)=N3)nc1. The molecule has 0 fully saturated rings. The van der Waals surface area contributed by atoms with E-state index in [9.17, 15) is 0 Å². The number of guanidine groups is 4. The van der Waals surface area contributed by atoms with E-state index in [1.807, 2.05) is 170 Å². The van der Waals surface area contributed by atoms with Crippen LogP contribution in [0, 0.1) is 0 Å². The quantitative estimate of drug-likeness (QED) is 0.0700. The second kappa shape index (κ2) is 20.4. The topological polar surface area (TPSA) is 312 Å². The van der Waals surface area contributed by atoms with E-state index in [-0.39, 0.29) is 39.0 Å². The number of nitrogens with one attached hydrogen (secondary N) is 12. The van der Waals surface area contributed by atoms with Crippen LogP contribution in [0.4, 0.5) is 23.8 Å². The number of imidazole rings is 4. The first-order chi connectivity index (χ1) is 39.4. The van der Waals surface area contributed by atoms with Gasteiger partial charge < -0.3 is 41.2 Å². The summed E-state index contributed by atoms with van der Waals surface area (Å²) in [7, 11) is 0. The fraction of sp³-hybridized carbons (Fsp3) is 0.0714. The van der Waals surface area contributed by atoms with Crippen molar-refractivity contribution < 1.29 is 39.0 Å². The number of aliphatic imine (C=N–C) groups is 4. The summed E-state index contributed by atoms with van der Waals surface area (Å²) in [5.74, 6) is 4.00. The molecular weight excluding hydrogens is 1140 g/mol. The summed E-state index contributed by atoms with van der Waals surface area (Å²) in [5.41, 5.74) is 4.88. The van der Waals surface area contributed by atoms with Gasteiger partial charge in [0.1, 0.15) is 0 Å². The average molecular weight is 1180 g/mol. The Kier molecular flexibility index (Phi) is 12.7. The van der Waals surface area contributed by atoms with Gasteiger partial charge in [0.2, 0.25) is 70.3 Å². The number of anilines is 4. The Morgan fingerprint density at radius 1 is 0.280 bits per heavy atom. The molecule has 16 rings (SSSR count). The second-order valence-electron chi connectivity index (χ2n) is 19.0. The van der Waals surface area contributed by atoms with Crippen LogP contribution in [0.1, 0.15) is 22.8 Å². The minimum atomic E-state index is -1.26. The summed E-state index contributed by atoms with van der Waals surface area (Å²) >= 11 is 0. The number of H-pyrrole nitrogens is 4. The third kappa shape index (κ3) is 8.59. The molecule has 4 aromatic carbocycles. The molecule has 0 atom stereocenters. The number of hydrogen-bond acceptors (Lipinski definition) is 20. The number of hydrogen-bond donors (Lipinski definition) is 12. The zero-order valence-corrected chi connectivity index (χ0v) is 49.2. The van der Waals surface area contributed by atoms with Gasteiger partial charge >= 0.3 is 0 Å². The summed E-state index contributed by atoms with van der Waals surface area (Å²) in [4.78, 5) is 71.0. The van der Waals surface area contributed by atoms with Gasteiger partial charge in [0.15, 0.2) is 0 Å². The smallest absolute Gasteiger partial charge is 0.246 e. The molecular formula is C56H44N24Zn2. The number of nitrogens with zero attached hydrogens (tertiary/aromatic N) is 12. The van der Waals surface area contributed by atoms with Crippen LogP contribution in [0.2, 0.25) is 0 Å². The van der Waals surface area contributed by atoms with Gasteiger partial charge in [0.05, 0.1) is 66.9 Å². The molecule has 82 heavy (non-hydrogen) atoms. The number of rotatable bonds is 8. The number of para-hydroxylation sites is 8. The van der Waals surface area contributed by atoms with E-state index in [1.165, 1.54) is 0 Å². The predicted octanol–water partition coefficient (Wildman–Crippen LogP) is 6.75. The van der Waals surface area contributed by atoms with Crippen LogP contribution in [0.15, 0.2) is 215 Å². The van der Waals surface area contributed by atoms with Crippen LogP contribution in [-0.4, -0.2) is 83.6 Å². The molecule has 0 amide bonds. The van der Waals surface area contributed by atoms with Crippen LogP contribution in [-0.2, 0) is 61.6 Å². The van der Waals surface area contributed by atoms with Crippen molar-refractivity contribution in [1.82, 2.24) is 81.1 Å². The number of fused-ring (bicyclic) bond motifs is 6. The van der Waals surface area contributed by atoms with Crippen molar-refractivity contribution in [3.63, 3.8) is 0 Å². The van der Waals surface area contributed by atoms with Gasteiger partial charge in [0, 0.05) is 63.7 Å². The Labute approximate surface area is 490 Å². The van der Waals surface area contributed by atoms with Crippen molar-refractivity contribution in [2.24, 2.45) is 20.0 Å². The van der Waals surface area contributed by atoms with Gasteiger partial charge in [-0.05, 0) is 97.1 Å². The number of aromatic nitrogens is 12. The molecule has 392 valence electrons.